The zero-order valence-electron chi connectivity index (χ0n) is 11.5. The largest absolute Gasteiger partial charge is 0.355 e. The highest BCUT2D eigenvalue weighted by molar-refractivity contribution is 5.76. The summed E-state index contributed by atoms with van der Waals surface area (Å²) in [6.45, 7) is 7.20. The summed E-state index contributed by atoms with van der Waals surface area (Å²) in [5, 5.41) is 6.00. The van der Waals surface area contributed by atoms with Crippen molar-refractivity contribution in [3.63, 3.8) is 0 Å². The number of carbonyl (C=O) groups is 1. The third-order valence-corrected chi connectivity index (χ3v) is 3.62. The van der Waals surface area contributed by atoms with Gasteiger partial charge in [0.2, 0.25) is 5.91 Å². The summed E-state index contributed by atoms with van der Waals surface area (Å²) in [7, 11) is 1.87. The molecule has 1 fully saturated rings. The van der Waals surface area contributed by atoms with Crippen LogP contribution in [0.25, 0.3) is 0 Å². The Balaban J connectivity index is 2.23. The van der Waals surface area contributed by atoms with Crippen LogP contribution in [0.2, 0.25) is 0 Å². The Morgan fingerprint density at radius 3 is 2.88 bits per heavy atom. The van der Waals surface area contributed by atoms with Crippen LogP contribution >= 0.6 is 0 Å². The molecule has 1 aliphatic heterocycles. The van der Waals surface area contributed by atoms with Crippen molar-refractivity contribution in [1.29, 1.82) is 0 Å². The van der Waals surface area contributed by atoms with E-state index in [-0.39, 0.29) is 5.91 Å². The topological polar surface area (TPSA) is 44.4 Å². The minimum absolute atomic E-state index is 0.149. The number of amides is 1. The number of nitrogens with zero attached hydrogens (tertiary/aromatic N) is 1. The zero-order valence-corrected chi connectivity index (χ0v) is 11.5. The molecule has 2 unspecified atom stereocenters. The van der Waals surface area contributed by atoms with Crippen molar-refractivity contribution in [3.05, 3.63) is 0 Å². The summed E-state index contributed by atoms with van der Waals surface area (Å²) in [6, 6.07) is 1.11. The molecular weight excluding hydrogens is 214 g/mol. The first-order valence-electron chi connectivity index (χ1n) is 6.82. The highest BCUT2D eigenvalue weighted by Gasteiger charge is 2.22. The number of carbonyl (C=O) groups excluding carboxylic acids is 1. The molecule has 1 rings (SSSR count). The second-order valence-electron chi connectivity index (χ2n) is 5.09. The quantitative estimate of drug-likeness (QED) is 0.728. The number of nitrogens with one attached hydrogen (secondary N) is 2. The van der Waals surface area contributed by atoms with Crippen molar-refractivity contribution in [1.82, 2.24) is 15.5 Å². The molecule has 0 saturated carbocycles. The second-order valence-corrected chi connectivity index (χ2v) is 5.09. The fraction of sp³-hybridized carbons (Fsp3) is 0.923. The third-order valence-electron chi connectivity index (χ3n) is 3.62. The van der Waals surface area contributed by atoms with Gasteiger partial charge in [0.05, 0.1) is 0 Å². The summed E-state index contributed by atoms with van der Waals surface area (Å²) in [5.41, 5.74) is 0. The number of piperidine rings is 1. The molecular formula is C13H27N3O. The van der Waals surface area contributed by atoms with Crippen molar-refractivity contribution in [3.8, 4) is 0 Å². The molecule has 0 aromatic rings. The molecule has 0 bridgehead atoms. The molecule has 1 saturated heterocycles. The van der Waals surface area contributed by atoms with Gasteiger partial charge in [-0.25, -0.2) is 0 Å². The van der Waals surface area contributed by atoms with Gasteiger partial charge in [-0.15, -0.1) is 0 Å². The predicted molar refractivity (Wildman–Crippen MR) is 71.0 cm³/mol. The Morgan fingerprint density at radius 2 is 2.24 bits per heavy atom. The van der Waals surface area contributed by atoms with E-state index in [1.165, 1.54) is 25.8 Å². The molecule has 1 heterocycles. The summed E-state index contributed by atoms with van der Waals surface area (Å²) >= 11 is 0. The van der Waals surface area contributed by atoms with Crippen molar-refractivity contribution < 1.29 is 4.79 Å². The highest BCUT2D eigenvalue weighted by atomic mass is 16.1. The summed E-state index contributed by atoms with van der Waals surface area (Å²) in [4.78, 5) is 14.0. The van der Waals surface area contributed by atoms with Gasteiger partial charge in [0, 0.05) is 31.6 Å². The predicted octanol–water partition coefficient (Wildman–Crippen LogP) is 0.975. The molecule has 2 atom stereocenters. The van der Waals surface area contributed by atoms with Crippen molar-refractivity contribution in [2.75, 3.05) is 26.7 Å². The van der Waals surface area contributed by atoms with E-state index >= 15 is 0 Å². The molecule has 1 aliphatic rings. The SMILES string of the molecule is CNCCC(=O)NCC(C)N1CCCCC1C. The van der Waals surface area contributed by atoms with Crippen molar-refractivity contribution in [2.45, 2.75) is 51.6 Å². The molecule has 4 heteroatoms. The lowest BCUT2D eigenvalue weighted by atomic mass is 10.0. The molecule has 0 radical (unpaired) electrons. The van der Waals surface area contributed by atoms with Gasteiger partial charge in [-0.1, -0.05) is 6.42 Å². The molecule has 17 heavy (non-hydrogen) atoms. The molecule has 2 N–H and O–H groups in total. The Hall–Kier alpha value is -0.610. The van der Waals surface area contributed by atoms with Gasteiger partial charge in [-0.3, -0.25) is 9.69 Å². The molecule has 0 aliphatic carbocycles. The van der Waals surface area contributed by atoms with E-state index in [4.69, 9.17) is 0 Å². The first-order valence-corrected chi connectivity index (χ1v) is 6.82. The average molecular weight is 241 g/mol. The normalized spacial score (nSPS) is 23.4. The van der Waals surface area contributed by atoms with Crippen LogP contribution in [0.1, 0.15) is 39.5 Å². The van der Waals surface area contributed by atoms with Crippen LogP contribution in [0, 0.1) is 0 Å². The summed E-state index contributed by atoms with van der Waals surface area (Å²) < 4.78 is 0. The monoisotopic (exact) mass is 241 g/mol. The Morgan fingerprint density at radius 1 is 1.47 bits per heavy atom. The van der Waals surface area contributed by atoms with Gasteiger partial charge >= 0.3 is 0 Å². The number of rotatable bonds is 6. The Bertz CT molecular complexity index is 233. The van der Waals surface area contributed by atoms with Crippen LogP contribution in [0.4, 0.5) is 0 Å². The lowest BCUT2D eigenvalue weighted by Gasteiger charge is -2.38. The van der Waals surface area contributed by atoms with Crippen molar-refractivity contribution in [2.24, 2.45) is 0 Å². The molecule has 1 amide bonds. The van der Waals surface area contributed by atoms with Crippen LogP contribution in [-0.2, 0) is 4.79 Å². The first kappa shape index (κ1) is 14.5. The van der Waals surface area contributed by atoms with E-state index in [1.807, 2.05) is 7.05 Å². The summed E-state index contributed by atoms with van der Waals surface area (Å²) in [6.07, 6.45) is 4.50. The average Bonchev–Trinajstić information content (AvgIpc) is 2.34. The molecule has 4 nitrogen and oxygen atoms in total. The van der Waals surface area contributed by atoms with Crippen LogP contribution in [0.5, 0.6) is 0 Å². The summed E-state index contributed by atoms with van der Waals surface area (Å²) in [5.74, 6) is 0.149. The standard InChI is InChI=1S/C13H27N3O/c1-11-6-4-5-9-16(11)12(2)10-15-13(17)7-8-14-3/h11-12,14H,4-10H2,1-3H3,(H,15,17). The fourth-order valence-corrected chi connectivity index (χ4v) is 2.48. The van der Waals surface area contributed by atoms with E-state index in [0.29, 0.717) is 18.5 Å². The minimum atomic E-state index is 0.149. The molecule has 100 valence electrons. The van der Waals surface area contributed by atoms with Gasteiger partial charge in [0.25, 0.3) is 0 Å². The van der Waals surface area contributed by atoms with E-state index in [0.717, 1.165) is 13.1 Å². The lowest BCUT2D eigenvalue weighted by Crippen LogP contribution is -2.48. The Labute approximate surface area is 105 Å². The van der Waals surface area contributed by atoms with Crippen LogP contribution < -0.4 is 10.6 Å². The maximum absolute atomic E-state index is 11.5. The zero-order chi connectivity index (χ0) is 12.7. The van der Waals surface area contributed by atoms with E-state index < -0.39 is 0 Å². The lowest BCUT2D eigenvalue weighted by molar-refractivity contribution is -0.121. The minimum Gasteiger partial charge on any atom is -0.355 e. The smallest absolute Gasteiger partial charge is 0.221 e. The maximum Gasteiger partial charge on any atom is 0.221 e. The number of hydrogen-bond donors (Lipinski definition) is 2. The highest BCUT2D eigenvalue weighted by Crippen LogP contribution is 2.18. The van der Waals surface area contributed by atoms with Crippen molar-refractivity contribution >= 4 is 5.91 Å². The van der Waals surface area contributed by atoms with E-state index in [9.17, 15) is 4.79 Å². The van der Waals surface area contributed by atoms with Gasteiger partial charge in [-0.2, -0.15) is 0 Å². The van der Waals surface area contributed by atoms with Gasteiger partial charge in [0.15, 0.2) is 0 Å². The van der Waals surface area contributed by atoms with Gasteiger partial charge in [-0.05, 0) is 40.3 Å². The molecule has 0 spiro atoms. The maximum atomic E-state index is 11.5. The van der Waals surface area contributed by atoms with Crippen LogP contribution in [0.3, 0.4) is 0 Å². The second kappa shape index (κ2) is 7.67. The third kappa shape index (κ3) is 5.04. The van der Waals surface area contributed by atoms with E-state index in [2.05, 4.69) is 29.4 Å². The number of hydrogen-bond acceptors (Lipinski definition) is 3. The van der Waals surface area contributed by atoms with Crippen LogP contribution in [-0.4, -0.2) is 49.6 Å². The molecule has 0 aromatic heterocycles. The van der Waals surface area contributed by atoms with Gasteiger partial charge < -0.3 is 10.6 Å². The van der Waals surface area contributed by atoms with Crippen LogP contribution in [0.15, 0.2) is 0 Å². The number of likely N-dealkylation sites (tertiary alicyclic amines) is 1. The van der Waals surface area contributed by atoms with Gasteiger partial charge in [0.1, 0.15) is 0 Å². The molecule has 0 aromatic carbocycles. The van der Waals surface area contributed by atoms with E-state index in [1.54, 1.807) is 0 Å². The fourth-order valence-electron chi connectivity index (χ4n) is 2.48. The Kier molecular flexibility index (Phi) is 6.52. The first-order chi connectivity index (χ1) is 8.15.